The van der Waals surface area contributed by atoms with Crippen LogP contribution in [0.4, 0.5) is 0 Å². The Balaban J connectivity index is 1.75. The minimum atomic E-state index is -1.34. The Morgan fingerprint density at radius 1 is 1.08 bits per heavy atom. The maximum atomic E-state index is 13.0. The third-order valence-electron chi connectivity index (χ3n) is 6.06. The van der Waals surface area contributed by atoms with Crippen molar-refractivity contribution in [1.29, 1.82) is 0 Å². The van der Waals surface area contributed by atoms with Gasteiger partial charge in [0.15, 0.2) is 0 Å². The van der Waals surface area contributed by atoms with Crippen molar-refractivity contribution in [1.82, 2.24) is 10.6 Å². The lowest BCUT2D eigenvalue weighted by atomic mass is 9.89. The van der Waals surface area contributed by atoms with Crippen LogP contribution in [-0.4, -0.2) is 72.7 Å². The average molecular weight is 530 g/mol. The lowest BCUT2D eigenvalue weighted by Crippen LogP contribution is -2.52. The Kier molecular flexibility index (Phi) is 9.56. The Labute approximate surface area is 219 Å². The molecule has 1 aliphatic carbocycles. The normalized spacial score (nSPS) is 19.8. The first kappa shape index (κ1) is 28.0. The number of hydrogen-bond donors (Lipinski definition) is 5. The second-order valence-corrected chi connectivity index (χ2v) is 9.38. The van der Waals surface area contributed by atoms with Crippen LogP contribution in [0.15, 0.2) is 59.0 Å². The number of methoxy groups -OCH3 is 2. The molecule has 3 rings (SSSR count). The van der Waals surface area contributed by atoms with Gasteiger partial charge in [-0.2, -0.15) is 0 Å². The molecule has 37 heavy (non-hydrogen) atoms. The number of carbonyl (C=O) groups is 3. The highest BCUT2D eigenvalue weighted by molar-refractivity contribution is 7.98. The molecule has 0 spiro atoms. The topological polar surface area (TPSA) is 160 Å². The first-order valence-corrected chi connectivity index (χ1v) is 12.7. The van der Waals surface area contributed by atoms with Crippen molar-refractivity contribution in [3.63, 3.8) is 0 Å². The second-order valence-electron chi connectivity index (χ2n) is 8.50. The summed E-state index contributed by atoms with van der Waals surface area (Å²) in [4.78, 5) is 38.9. The second kappa shape index (κ2) is 12.6. The van der Waals surface area contributed by atoms with Crippen LogP contribution in [-0.2, 0) is 16.0 Å². The van der Waals surface area contributed by atoms with E-state index < -0.39 is 42.0 Å². The van der Waals surface area contributed by atoms with E-state index in [4.69, 9.17) is 15.2 Å². The van der Waals surface area contributed by atoms with Crippen LogP contribution in [0.25, 0.3) is 0 Å². The molecule has 0 saturated heterocycles. The number of nitrogens with two attached hydrogens (primary N) is 1. The molecule has 4 atom stereocenters. The number of ether oxygens (including phenoxy) is 2. The van der Waals surface area contributed by atoms with E-state index in [1.165, 1.54) is 32.1 Å². The van der Waals surface area contributed by atoms with Crippen LogP contribution in [0, 0.1) is 0 Å². The highest BCUT2D eigenvalue weighted by atomic mass is 32.2. The van der Waals surface area contributed by atoms with Crippen LogP contribution >= 0.6 is 11.8 Å². The zero-order valence-electron chi connectivity index (χ0n) is 20.8. The monoisotopic (exact) mass is 529 g/mol. The predicted molar refractivity (Wildman–Crippen MR) is 139 cm³/mol. The van der Waals surface area contributed by atoms with Crippen molar-refractivity contribution in [3.05, 3.63) is 65.2 Å². The smallest absolute Gasteiger partial charge is 0.255 e. The molecule has 0 bridgehead atoms. The molecule has 4 unspecified atom stereocenters. The number of primary amides is 1. The van der Waals surface area contributed by atoms with Crippen molar-refractivity contribution < 1.29 is 34.1 Å². The maximum Gasteiger partial charge on any atom is 0.255 e. The highest BCUT2D eigenvalue weighted by Gasteiger charge is 2.35. The third-order valence-corrected chi connectivity index (χ3v) is 6.79. The zero-order valence-corrected chi connectivity index (χ0v) is 21.6. The number of rotatable bonds is 10. The lowest BCUT2D eigenvalue weighted by molar-refractivity contribution is -0.125. The molecule has 11 heteroatoms. The average Bonchev–Trinajstić information content (AvgIpc) is 2.90. The van der Waals surface area contributed by atoms with Crippen molar-refractivity contribution in [3.8, 4) is 11.5 Å². The molecule has 198 valence electrons. The van der Waals surface area contributed by atoms with Gasteiger partial charge in [0, 0.05) is 23.3 Å². The van der Waals surface area contributed by atoms with Gasteiger partial charge in [-0.05, 0) is 42.2 Å². The third kappa shape index (κ3) is 7.03. The summed E-state index contributed by atoms with van der Waals surface area (Å²) in [6, 6.07) is 9.97. The Hall–Kier alpha value is -3.54. The summed E-state index contributed by atoms with van der Waals surface area (Å²) in [6.45, 7) is 0. The van der Waals surface area contributed by atoms with E-state index in [2.05, 4.69) is 10.6 Å². The predicted octanol–water partition coefficient (Wildman–Crippen LogP) is 0.789. The van der Waals surface area contributed by atoms with E-state index >= 15 is 0 Å². The summed E-state index contributed by atoms with van der Waals surface area (Å²) >= 11 is 1.49. The van der Waals surface area contributed by atoms with E-state index in [1.807, 2.05) is 6.26 Å². The van der Waals surface area contributed by atoms with Crippen LogP contribution < -0.4 is 25.8 Å². The first-order valence-electron chi connectivity index (χ1n) is 11.5. The van der Waals surface area contributed by atoms with Gasteiger partial charge in [0.05, 0.1) is 31.9 Å². The summed E-state index contributed by atoms with van der Waals surface area (Å²) in [6.07, 6.45) is 0.590. The van der Waals surface area contributed by atoms with E-state index in [9.17, 15) is 24.6 Å². The van der Waals surface area contributed by atoms with Crippen LogP contribution in [0.5, 0.6) is 11.5 Å². The molecular formula is C26H31N3O7S. The van der Waals surface area contributed by atoms with Crippen LogP contribution in [0.3, 0.4) is 0 Å². The molecule has 0 aliphatic heterocycles. The number of amides is 3. The lowest BCUT2D eigenvalue weighted by Gasteiger charge is -2.31. The number of aliphatic hydroxyl groups excluding tert-OH is 2. The molecule has 0 aromatic heterocycles. The molecule has 1 aliphatic rings. The largest absolute Gasteiger partial charge is 0.497 e. The molecule has 10 nitrogen and oxygen atoms in total. The zero-order chi connectivity index (χ0) is 27.1. The maximum absolute atomic E-state index is 13.0. The molecule has 3 amide bonds. The minimum absolute atomic E-state index is 0.105. The summed E-state index contributed by atoms with van der Waals surface area (Å²) in [5.41, 5.74) is 6.61. The fourth-order valence-corrected chi connectivity index (χ4v) is 4.38. The number of benzene rings is 2. The summed E-state index contributed by atoms with van der Waals surface area (Å²) in [5, 5.41) is 26.1. The molecule has 0 fully saturated rings. The van der Waals surface area contributed by atoms with Gasteiger partial charge in [-0.3, -0.25) is 14.4 Å². The van der Waals surface area contributed by atoms with Crippen molar-refractivity contribution in [2.45, 2.75) is 42.0 Å². The highest BCUT2D eigenvalue weighted by Crippen LogP contribution is 2.26. The molecule has 0 saturated carbocycles. The Bertz CT molecular complexity index is 1170. The standard InChI is InChI=1S/C26H31N3O7S/c1-35-16-6-4-14(5-7-16)10-20(24(27)32)29-25(33)15-11-19(23(31)21(30)12-15)28-26(34)18-9-8-17(37-3)13-22(18)36-2/h4-9,11,13,19-21,23,30-31H,10,12H2,1-3H3,(H2,27,32)(H,28,34)(H,29,33). The molecule has 0 heterocycles. The van der Waals surface area contributed by atoms with Gasteiger partial charge in [-0.15, -0.1) is 11.8 Å². The van der Waals surface area contributed by atoms with Gasteiger partial charge in [-0.25, -0.2) is 0 Å². The van der Waals surface area contributed by atoms with Gasteiger partial charge >= 0.3 is 0 Å². The molecule has 2 aromatic rings. The van der Waals surface area contributed by atoms with Gasteiger partial charge in [0.25, 0.3) is 5.91 Å². The molecule has 2 aromatic carbocycles. The van der Waals surface area contributed by atoms with Crippen LogP contribution in [0.2, 0.25) is 0 Å². The van der Waals surface area contributed by atoms with Gasteiger partial charge in [0.1, 0.15) is 23.6 Å². The Morgan fingerprint density at radius 3 is 2.38 bits per heavy atom. The number of aliphatic hydroxyl groups is 2. The number of hydrogen-bond acceptors (Lipinski definition) is 8. The fourth-order valence-electron chi connectivity index (χ4n) is 3.95. The van der Waals surface area contributed by atoms with Crippen molar-refractivity contribution in [2.75, 3.05) is 20.5 Å². The molecule has 6 N–H and O–H groups in total. The molecule has 0 radical (unpaired) electrons. The van der Waals surface area contributed by atoms with Gasteiger partial charge in [-0.1, -0.05) is 18.2 Å². The van der Waals surface area contributed by atoms with E-state index in [0.717, 1.165) is 10.5 Å². The van der Waals surface area contributed by atoms with Crippen molar-refractivity contribution in [2.24, 2.45) is 5.73 Å². The minimum Gasteiger partial charge on any atom is -0.497 e. The first-order chi connectivity index (χ1) is 17.7. The Morgan fingerprint density at radius 2 is 1.78 bits per heavy atom. The number of nitrogens with one attached hydrogen (secondary N) is 2. The number of carbonyl (C=O) groups excluding carboxylic acids is 3. The van der Waals surface area contributed by atoms with Gasteiger partial charge in [0.2, 0.25) is 11.8 Å². The van der Waals surface area contributed by atoms with E-state index in [1.54, 1.807) is 42.5 Å². The summed E-state index contributed by atoms with van der Waals surface area (Å²) in [7, 11) is 2.98. The summed E-state index contributed by atoms with van der Waals surface area (Å²) in [5.74, 6) is -0.918. The van der Waals surface area contributed by atoms with Gasteiger partial charge < -0.3 is 36.1 Å². The van der Waals surface area contributed by atoms with E-state index in [0.29, 0.717) is 11.5 Å². The summed E-state index contributed by atoms with van der Waals surface area (Å²) < 4.78 is 10.4. The SMILES string of the molecule is COc1ccc(CC(NC(=O)C2=CC(NC(=O)c3ccc(SC)cc3OC)C(O)C(O)C2)C(N)=O)cc1. The van der Waals surface area contributed by atoms with Crippen molar-refractivity contribution >= 4 is 29.5 Å². The fraction of sp³-hybridized carbons (Fsp3) is 0.346. The van der Waals surface area contributed by atoms with E-state index in [-0.39, 0.29) is 24.0 Å². The van der Waals surface area contributed by atoms with Crippen LogP contribution in [0.1, 0.15) is 22.3 Å². The molecular weight excluding hydrogens is 498 g/mol. The quantitative estimate of drug-likeness (QED) is 0.282. The number of thioether (sulfide) groups is 1.